The van der Waals surface area contributed by atoms with Gasteiger partial charge in [-0.05, 0) is 45.0 Å². The molecule has 1 saturated heterocycles. The first kappa shape index (κ1) is 13.5. The summed E-state index contributed by atoms with van der Waals surface area (Å²) in [4.78, 5) is 6.79. The summed E-state index contributed by atoms with van der Waals surface area (Å²) in [6.45, 7) is 4.16. The third kappa shape index (κ3) is 2.69. The minimum atomic E-state index is 0.385. The average molecular weight is 292 g/mol. The minimum Gasteiger partial charge on any atom is -0.363 e. The van der Waals surface area contributed by atoms with Crippen LogP contribution in [0.15, 0.2) is 12.3 Å². The maximum Gasteiger partial charge on any atom is 0.175 e. The molecule has 0 aromatic carbocycles. The summed E-state index contributed by atoms with van der Waals surface area (Å²) in [6, 6.07) is 2.38. The van der Waals surface area contributed by atoms with Gasteiger partial charge in [-0.15, -0.1) is 10.2 Å². The van der Waals surface area contributed by atoms with Crippen LogP contribution in [0.5, 0.6) is 0 Å². The van der Waals surface area contributed by atoms with E-state index in [1.807, 2.05) is 19.2 Å². The molecule has 2 aromatic heterocycles. The zero-order valence-electron chi connectivity index (χ0n) is 11.7. The highest BCUT2D eigenvalue weighted by Gasteiger charge is 2.19. The van der Waals surface area contributed by atoms with Crippen LogP contribution in [0.3, 0.4) is 0 Å². The van der Waals surface area contributed by atoms with E-state index < -0.39 is 0 Å². The monoisotopic (exact) mass is 291 g/mol. The molecule has 3 rings (SSSR count). The van der Waals surface area contributed by atoms with Gasteiger partial charge in [0.25, 0.3) is 0 Å². The number of aromatic nitrogens is 3. The van der Waals surface area contributed by atoms with Gasteiger partial charge in [0.1, 0.15) is 5.52 Å². The van der Waals surface area contributed by atoms with Crippen LogP contribution in [0.1, 0.15) is 18.4 Å². The predicted molar refractivity (Wildman–Crippen MR) is 81.2 cm³/mol. The molecule has 0 radical (unpaired) electrons. The molecule has 20 heavy (non-hydrogen) atoms. The Morgan fingerprint density at radius 2 is 2.25 bits per heavy atom. The van der Waals surface area contributed by atoms with Gasteiger partial charge >= 0.3 is 0 Å². The van der Waals surface area contributed by atoms with Crippen LogP contribution >= 0.6 is 11.6 Å². The van der Waals surface area contributed by atoms with Crippen molar-refractivity contribution in [3.05, 3.63) is 23.0 Å². The number of hydrogen-bond donors (Lipinski definition) is 1. The quantitative estimate of drug-likeness (QED) is 0.921. The number of aryl methyl sites for hydroxylation is 1. The number of likely N-dealkylation sites (tertiary alicyclic amines) is 1. The number of likely N-dealkylation sites (N-methyl/N-ethyl adjacent to an activating group) is 1. The molecule has 0 aliphatic carbocycles. The van der Waals surface area contributed by atoms with Gasteiger partial charge in [0.15, 0.2) is 11.0 Å². The molecule has 0 bridgehead atoms. The van der Waals surface area contributed by atoms with Crippen molar-refractivity contribution < 1.29 is 0 Å². The lowest BCUT2D eigenvalue weighted by Gasteiger charge is -2.30. The van der Waals surface area contributed by atoms with Crippen LogP contribution < -0.4 is 5.32 Å². The number of halogens is 1. The summed E-state index contributed by atoms with van der Waals surface area (Å²) in [5.41, 5.74) is 1.86. The summed E-state index contributed by atoms with van der Waals surface area (Å²) in [6.07, 6.45) is 4.17. The Hall–Kier alpha value is -1.46. The van der Waals surface area contributed by atoms with Crippen molar-refractivity contribution in [3.63, 3.8) is 0 Å². The topological polar surface area (TPSA) is 53.9 Å². The van der Waals surface area contributed by atoms with Gasteiger partial charge in [0.2, 0.25) is 0 Å². The van der Waals surface area contributed by atoms with E-state index >= 15 is 0 Å². The first-order valence-electron chi connectivity index (χ1n) is 6.87. The van der Waals surface area contributed by atoms with Crippen LogP contribution in [0.2, 0.25) is 5.15 Å². The van der Waals surface area contributed by atoms with Gasteiger partial charge < -0.3 is 10.2 Å². The van der Waals surface area contributed by atoms with Gasteiger partial charge in [0.05, 0.1) is 0 Å². The van der Waals surface area contributed by atoms with Crippen LogP contribution in [-0.4, -0.2) is 46.3 Å². The Balaban J connectivity index is 1.93. The van der Waals surface area contributed by atoms with E-state index in [1.54, 1.807) is 0 Å². The highest BCUT2D eigenvalue weighted by Crippen LogP contribution is 2.26. The molecule has 1 atom stereocenters. The van der Waals surface area contributed by atoms with E-state index in [0.717, 1.165) is 41.8 Å². The molecule has 1 aliphatic rings. The Labute approximate surface area is 123 Å². The molecule has 0 amide bonds. The number of rotatable bonds is 2. The number of piperidine rings is 1. The Kier molecular flexibility index (Phi) is 3.72. The van der Waals surface area contributed by atoms with E-state index in [-0.39, 0.29) is 0 Å². The average Bonchev–Trinajstić information content (AvgIpc) is 2.42. The number of fused-ring (bicyclic) bond motifs is 1. The molecular formula is C14H18ClN5. The second-order valence-corrected chi connectivity index (χ2v) is 5.85. The zero-order chi connectivity index (χ0) is 14.1. The lowest BCUT2D eigenvalue weighted by molar-refractivity contribution is 0.261. The van der Waals surface area contributed by atoms with Crippen molar-refractivity contribution in [1.82, 2.24) is 20.1 Å². The largest absolute Gasteiger partial charge is 0.363 e. The molecule has 1 aliphatic heterocycles. The van der Waals surface area contributed by atoms with Crippen molar-refractivity contribution in [1.29, 1.82) is 0 Å². The molecule has 0 unspecified atom stereocenters. The van der Waals surface area contributed by atoms with Crippen molar-refractivity contribution in [2.75, 3.05) is 25.5 Å². The standard InChI is InChI=1S/C14H18ClN5/c1-9-6-11-12(16-7-9)14(19-18-13(11)15)17-10-4-3-5-20(2)8-10/h6-7,10H,3-5,8H2,1-2H3,(H,17,19)/t10-/m1/s1. The Bertz CT molecular complexity index is 630. The fourth-order valence-corrected chi connectivity index (χ4v) is 2.87. The summed E-state index contributed by atoms with van der Waals surface area (Å²) >= 11 is 6.12. The van der Waals surface area contributed by atoms with Crippen molar-refractivity contribution in [2.24, 2.45) is 0 Å². The van der Waals surface area contributed by atoms with Gasteiger partial charge in [-0.25, -0.2) is 0 Å². The lowest BCUT2D eigenvalue weighted by atomic mass is 10.1. The van der Waals surface area contributed by atoms with Gasteiger partial charge in [-0.1, -0.05) is 11.6 Å². The van der Waals surface area contributed by atoms with Crippen LogP contribution in [0.25, 0.3) is 10.9 Å². The number of anilines is 1. The van der Waals surface area contributed by atoms with E-state index in [1.165, 1.54) is 6.42 Å². The van der Waals surface area contributed by atoms with E-state index in [4.69, 9.17) is 11.6 Å². The van der Waals surface area contributed by atoms with Gasteiger partial charge in [-0.2, -0.15) is 0 Å². The molecule has 1 fully saturated rings. The smallest absolute Gasteiger partial charge is 0.175 e. The van der Waals surface area contributed by atoms with Gasteiger partial charge in [-0.3, -0.25) is 4.98 Å². The number of nitrogens with one attached hydrogen (secondary N) is 1. The van der Waals surface area contributed by atoms with Crippen LogP contribution in [0, 0.1) is 6.92 Å². The first-order chi connectivity index (χ1) is 9.63. The van der Waals surface area contributed by atoms with Gasteiger partial charge in [0, 0.05) is 24.2 Å². The summed E-state index contributed by atoms with van der Waals surface area (Å²) < 4.78 is 0. The fourth-order valence-electron chi connectivity index (χ4n) is 2.69. The molecule has 106 valence electrons. The molecule has 6 heteroatoms. The van der Waals surface area contributed by atoms with Crippen molar-refractivity contribution >= 4 is 28.3 Å². The molecule has 3 heterocycles. The second kappa shape index (κ2) is 5.50. The third-order valence-electron chi connectivity index (χ3n) is 3.67. The normalized spacial score (nSPS) is 20.2. The first-order valence-corrected chi connectivity index (χ1v) is 7.25. The maximum absolute atomic E-state index is 6.12. The number of pyridine rings is 1. The summed E-state index contributed by atoms with van der Waals surface area (Å²) in [7, 11) is 2.14. The van der Waals surface area contributed by atoms with E-state index in [2.05, 4.69) is 32.4 Å². The Morgan fingerprint density at radius 1 is 1.40 bits per heavy atom. The predicted octanol–water partition coefficient (Wildman–Crippen LogP) is 2.49. The van der Waals surface area contributed by atoms with E-state index in [0.29, 0.717) is 11.2 Å². The Morgan fingerprint density at radius 3 is 3.05 bits per heavy atom. The second-order valence-electron chi connectivity index (χ2n) is 5.49. The zero-order valence-corrected chi connectivity index (χ0v) is 12.5. The molecule has 5 nitrogen and oxygen atoms in total. The molecule has 2 aromatic rings. The van der Waals surface area contributed by atoms with Crippen LogP contribution in [-0.2, 0) is 0 Å². The summed E-state index contributed by atoms with van der Waals surface area (Å²) in [5.74, 6) is 0.727. The highest BCUT2D eigenvalue weighted by atomic mass is 35.5. The van der Waals surface area contributed by atoms with Crippen molar-refractivity contribution in [2.45, 2.75) is 25.8 Å². The van der Waals surface area contributed by atoms with Crippen LogP contribution in [0.4, 0.5) is 5.82 Å². The minimum absolute atomic E-state index is 0.385. The number of hydrogen-bond acceptors (Lipinski definition) is 5. The molecule has 0 spiro atoms. The molecule has 1 N–H and O–H groups in total. The highest BCUT2D eigenvalue weighted by molar-refractivity contribution is 6.34. The van der Waals surface area contributed by atoms with Crippen molar-refractivity contribution in [3.8, 4) is 0 Å². The molecular weight excluding hydrogens is 274 g/mol. The summed E-state index contributed by atoms with van der Waals surface area (Å²) in [5, 5.41) is 12.9. The fraction of sp³-hybridized carbons (Fsp3) is 0.500. The molecule has 0 saturated carbocycles. The lowest BCUT2D eigenvalue weighted by Crippen LogP contribution is -2.40. The SMILES string of the molecule is Cc1cnc2c(N[C@@H]3CCCN(C)C3)nnc(Cl)c2c1. The van der Waals surface area contributed by atoms with E-state index in [9.17, 15) is 0 Å². The third-order valence-corrected chi connectivity index (χ3v) is 3.95. The number of nitrogens with zero attached hydrogens (tertiary/aromatic N) is 4. The maximum atomic E-state index is 6.12.